The van der Waals surface area contributed by atoms with E-state index in [9.17, 15) is 18.0 Å². The second-order valence-corrected chi connectivity index (χ2v) is 9.30. The fourth-order valence-corrected chi connectivity index (χ4v) is 4.91. The molecule has 0 radical (unpaired) electrons. The molecule has 3 aromatic rings. The summed E-state index contributed by atoms with van der Waals surface area (Å²) in [6.45, 7) is 4.77. The lowest BCUT2D eigenvalue weighted by Gasteiger charge is -2.40. The van der Waals surface area contributed by atoms with Crippen LogP contribution in [0, 0.1) is 6.92 Å². The fourth-order valence-electron chi connectivity index (χ4n) is 4.91. The van der Waals surface area contributed by atoms with Crippen molar-refractivity contribution in [2.75, 3.05) is 39.4 Å². The van der Waals surface area contributed by atoms with Crippen LogP contribution in [0.3, 0.4) is 0 Å². The van der Waals surface area contributed by atoms with E-state index in [-0.39, 0.29) is 23.6 Å². The zero-order chi connectivity index (χ0) is 26.0. The Balaban J connectivity index is 1.40. The number of piperidine rings is 1. The van der Waals surface area contributed by atoms with Crippen LogP contribution in [-0.4, -0.2) is 71.7 Å². The molecule has 1 aromatic heterocycles. The van der Waals surface area contributed by atoms with Crippen LogP contribution in [0.15, 0.2) is 53.1 Å². The molecule has 2 atom stereocenters. The summed E-state index contributed by atoms with van der Waals surface area (Å²) in [5.74, 6) is 0.247. The number of aromatic nitrogens is 2. The number of carbonyl (C=O) groups is 1. The van der Waals surface area contributed by atoms with E-state index in [1.165, 1.54) is 12.1 Å². The van der Waals surface area contributed by atoms with Gasteiger partial charge in [-0.3, -0.25) is 0 Å². The van der Waals surface area contributed by atoms with E-state index >= 15 is 0 Å². The maximum atomic E-state index is 13.4. The van der Waals surface area contributed by atoms with Gasteiger partial charge in [0.1, 0.15) is 5.75 Å². The van der Waals surface area contributed by atoms with E-state index in [0.717, 1.165) is 16.7 Å². The minimum atomic E-state index is -4.76. The Hall–Kier alpha value is -3.60. The molecule has 2 amide bonds. The standard InChI is InChI=1S/C26H27F3N4O4/c1-17-4-2-3-5-22(17)23-30-24(37-31-23)20-14-19(18-6-8-21(9-7-18)36-26(27,28)29)15-33(16-20)25(34)32-10-12-35-13-11-32/h2-9,19-20H,10-16H2,1H3. The van der Waals surface area contributed by atoms with Crippen molar-refractivity contribution in [3.8, 4) is 17.1 Å². The molecule has 5 rings (SSSR count). The third kappa shape index (κ3) is 5.87. The second-order valence-electron chi connectivity index (χ2n) is 9.30. The molecule has 2 saturated heterocycles. The molecule has 2 aromatic carbocycles. The van der Waals surface area contributed by atoms with Crippen molar-refractivity contribution >= 4 is 6.03 Å². The number of amides is 2. The quantitative estimate of drug-likeness (QED) is 0.487. The number of hydrogen-bond donors (Lipinski definition) is 0. The third-order valence-corrected chi connectivity index (χ3v) is 6.76. The lowest BCUT2D eigenvalue weighted by Crippen LogP contribution is -2.52. The maximum Gasteiger partial charge on any atom is 0.573 e. The van der Waals surface area contributed by atoms with Crippen molar-refractivity contribution in [3.63, 3.8) is 0 Å². The Morgan fingerprint density at radius 1 is 1.00 bits per heavy atom. The zero-order valence-corrected chi connectivity index (χ0v) is 20.3. The number of likely N-dealkylation sites (tertiary alicyclic amines) is 1. The van der Waals surface area contributed by atoms with Crippen LogP contribution in [0.4, 0.5) is 18.0 Å². The van der Waals surface area contributed by atoms with Gasteiger partial charge in [-0.15, -0.1) is 13.2 Å². The highest BCUT2D eigenvalue weighted by molar-refractivity contribution is 5.75. The zero-order valence-electron chi connectivity index (χ0n) is 20.3. The normalized spacial score (nSPS) is 20.6. The summed E-state index contributed by atoms with van der Waals surface area (Å²) in [4.78, 5) is 21.6. The molecule has 0 N–H and O–H groups in total. The number of carbonyl (C=O) groups excluding carboxylic acids is 1. The highest BCUT2D eigenvalue weighted by Crippen LogP contribution is 2.37. The predicted octanol–water partition coefficient (Wildman–Crippen LogP) is 4.97. The first-order chi connectivity index (χ1) is 17.8. The SMILES string of the molecule is Cc1ccccc1-c1noc(C2CC(c3ccc(OC(F)(F)F)cc3)CN(C(=O)N3CCOCC3)C2)n1. The van der Waals surface area contributed by atoms with Crippen molar-refractivity contribution < 1.29 is 32.0 Å². The Bertz CT molecular complexity index is 1230. The van der Waals surface area contributed by atoms with Crippen LogP contribution in [0.2, 0.25) is 0 Å². The first kappa shape index (κ1) is 25.1. The van der Waals surface area contributed by atoms with Crippen LogP contribution in [0.25, 0.3) is 11.4 Å². The van der Waals surface area contributed by atoms with Gasteiger partial charge in [0.2, 0.25) is 11.7 Å². The largest absolute Gasteiger partial charge is 0.573 e. The monoisotopic (exact) mass is 516 g/mol. The average molecular weight is 517 g/mol. The molecular weight excluding hydrogens is 489 g/mol. The summed E-state index contributed by atoms with van der Waals surface area (Å²) < 4.78 is 52.9. The van der Waals surface area contributed by atoms with Crippen molar-refractivity contribution in [1.82, 2.24) is 19.9 Å². The summed E-state index contributed by atoms with van der Waals surface area (Å²) in [6, 6.07) is 13.4. The molecule has 0 aliphatic carbocycles. The maximum absolute atomic E-state index is 13.4. The van der Waals surface area contributed by atoms with Crippen LogP contribution in [-0.2, 0) is 4.74 Å². The number of alkyl halides is 3. The molecule has 2 aliphatic rings. The van der Waals surface area contributed by atoms with Gasteiger partial charge in [0.05, 0.1) is 19.1 Å². The summed E-state index contributed by atoms with van der Waals surface area (Å²) in [6.07, 6.45) is -4.16. The molecule has 8 nitrogen and oxygen atoms in total. The Morgan fingerprint density at radius 3 is 2.41 bits per heavy atom. The highest BCUT2D eigenvalue weighted by Gasteiger charge is 2.37. The van der Waals surface area contributed by atoms with E-state index < -0.39 is 6.36 Å². The molecule has 2 fully saturated rings. The van der Waals surface area contributed by atoms with Crippen molar-refractivity contribution in [2.45, 2.75) is 31.5 Å². The molecule has 37 heavy (non-hydrogen) atoms. The van der Waals surface area contributed by atoms with Crippen LogP contribution in [0.5, 0.6) is 5.75 Å². The van der Waals surface area contributed by atoms with E-state index in [1.54, 1.807) is 21.9 Å². The highest BCUT2D eigenvalue weighted by atomic mass is 19.4. The van der Waals surface area contributed by atoms with E-state index in [2.05, 4.69) is 14.9 Å². The molecule has 3 heterocycles. The van der Waals surface area contributed by atoms with Gasteiger partial charge in [0.25, 0.3) is 0 Å². The smallest absolute Gasteiger partial charge is 0.406 e. The minimum Gasteiger partial charge on any atom is -0.406 e. The summed E-state index contributed by atoms with van der Waals surface area (Å²) in [5, 5.41) is 4.19. The van der Waals surface area contributed by atoms with E-state index in [0.29, 0.717) is 57.5 Å². The molecule has 0 spiro atoms. The lowest BCUT2D eigenvalue weighted by molar-refractivity contribution is -0.274. The number of nitrogens with zero attached hydrogens (tertiary/aromatic N) is 4. The van der Waals surface area contributed by atoms with Crippen molar-refractivity contribution in [2.24, 2.45) is 0 Å². The summed E-state index contributed by atoms with van der Waals surface area (Å²) >= 11 is 0. The minimum absolute atomic E-state index is 0.103. The average Bonchev–Trinajstić information content (AvgIpc) is 3.38. The van der Waals surface area contributed by atoms with Gasteiger partial charge < -0.3 is 23.8 Å². The predicted molar refractivity (Wildman–Crippen MR) is 127 cm³/mol. The third-order valence-electron chi connectivity index (χ3n) is 6.76. The summed E-state index contributed by atoms with van der Waals surface area (Å²) in [5.41, 5.74) is 2.69. The van der Waals surface area contributed by atoms with Crippen LogP contribution < -0.4 is 4.74 Å². The Labute approximate surface area is 212 Å². The molecule has 11 heteroatoms. The molecule has 0 saturated carbocycles. The van der Waals surface area contributed by atoms with Gasteiger partial charge >= 0.3 is 12.4 Å². The van der Waals surface area contributed by atoms with Gasteiger partial charge in [0.15, 0.2) is 0 Å². The molecule has 2 unspecified atom stereocenters. The van der Waals surface area contributed by atoms with Crippen LogP contribution in [0.1, 0.15) is 35.3 Å². The van der Waals surface area contributed by atoms with Gasteiger partial charge in [-0.25, -0.2) is 4.79 Å². The number of halogens is 3. The van der Waals surface area contributed by atoms with Gasteiger partial charge in [-0.1, -0.05) is 41.6 Å². The number of morpholine rings is 1. The Kier molecular flexibility index (Phi) is 7.05. The number of aryl methyl sites for hydroxylation is 1. The van der Waals surface area contributed by atoms with Crippen LogP contribution >= 0.6 is 0 Å². The molecular formula is C26H27F3N4O4. The van der Waals surface area contributed by atoms with E-state index in [1.807, 2.05) is 31.2 Å². The van der Waals surface area contributed by atoms with Crippen molar-refractivity contribution in [1.29, 1.82) is 0 Å². The van der Waals surface area contributed by atoms with E-state index in [4.69, 9.17) is 9.26 Å². The first-order valence-electron chi connectivity index (χ1n) is 12.1. The number of rotatable bonds is 4. The topological polar surface area (TPSA) is 80.9 Å². The van der Waals surface area contributed by atoms with Crippen molar-refractivity contribution in [3.05, 3.63) is 65.5 Å². The Morgan fingerprint density at radius 2 is 1.70 bits per heavy atom. The first-order valence-corrected chi connectivity index (χ1v) is 12.1. The number of ether oxygens (including phenoxy) is 2. The summed E-state index contributed by atoms with van der Waals surface area (Å²) in [7, 11) is 0. The fraction of sp³-hybridized carbons (Fsp3) is 0.423. The number of benzene rings is 2. The second kappa shape index (κ2) is 10.4. The van der Waals surface area contributed by atoms with Gasteiger partial charge in [-0.05, 0) is 36.6 Å². The molecule has 196 valence electrons. The molecule has 0 bridgehead atoms. The van der Waals surface area contributed by atoms with Gasteiger partial charge in [0, 0.05) is 37.7 Å². The lowest BCUT2D eigenvalue weighted by atomic mass is 9.84. The number of urea groups is 1. The van der Waals surface area contributed by atoms with Gasteiger partial charge in [-0.2, -0.15) is 4.98 Å². The molecule has 2 aliphatic heterocycles. The number of hydrogen-bond acceptors (Lipinski definition) is 6.